The summed E-state index contributed by atoms with van der Waals surface area (Å²) in [6, 6.07) is 0.742. The van der Waals surface area contributed by atoms with Gasteiger partial charge in [0.15, 0.2) is 0 Å². The summed E-state index contributed by atoms with van der Waals surface area (Å²) >= 11 is 0. The smallest absolute Gasteiger partial charge is 0.0946 e. The van der Waals surface area contributed by atoms with E-state index in [2.05, 4.69) is 28.7 Å². The molecule has 0 amide bonds. The van der Waals surface area contributed by atoms with Gasteiger partial charge in [-0.05, 0) is 31.1 Å². The summed E-state index contributed by atoms with van der Waals surface area (Å²) in [6.07, 6.45) is 12.8. The van der Waals surface area contributed by atoms with Crippen LogP contribution in [0, 0.1) is 11.8 Å². The highest BCUT2D eigenvalue weighted by atomic mass is 15.0. The summed E-state index contributed by atoms with van der Waals surface area (Å²) in [5.41, 5.74) is 0. The Morgan fingerprint density at radius 1 is 1.39 bits per heavy atom. The molecule has 1 aromatic heterocycles. The fourth-order valence-corrected chi connectivity index (χ4v) is 3.17. The van der Waals surface area contributed by atoms with Crippen molar-refractivity contribution in [3.05, 3.63) is 18.7 Å². The Bertz CT molecular complexity index is 318. The van der Waals surface area contributed by atoms with Crippen LogP contribution in [0.25, 0.3) is 0 Å². The van der Waals surface area contributed by atoms with Gasteiger partial charge < -0.3 is 9.88 Å². The van der Waals surface area contributed by atoms with E-state index >= 15 is 0 Å². The summed E-state index contributed by atoms with van der Waals surface area (Å²) in [5.74, 6) is 1.80. The molecule has 3 heteroatoms. The average Bonchev–Trinajstić information content (AvgIpc) is 2.82. The van der Waals surface area contributed by atoms with Gasteiger partial charge in [0.1, 0.15) is 0 Å². The van der Waals surface area contributed by atoms with Crippen LogP contribution in [0.5, 0.6) is 0 Å². The number of rotatable bonds is 6. The highest BCUT2D eigenvalue weighted by Crippen LogP contribution is 2.29. The molecule has 0 radical (unpaired) electrons. The zero-order valence-electron chi connectivity index (χ0n) is 11.8. The summed E-state index contributed by atoms with van der Waals surface area (Å²) < 4.78 is 2.14. The monoisotopic (exact) mass is 249 g/mol. The lowest BCUT2D eigenvalue weighted by Gasteiger charge is -2.31. The second-order valence-corrected chi connectivity index (χ2v) is 6.11. The molecule has 2 unspecified atom stereocenters. The van der Waals surface area contributed by atoms with E-state index in [-0.39, 0.29) is 0 Å². The number of hydrogen-bond acceptors (Lipinski definition) is 2. The van der Waals surface area contributed by atoms with E-state index in [0.717, 1.165) is 31.0 Å². The van der Waals surface area contributed by atoms with Gasteiger partial charge in [0.2, 0.25) is 0 Å². The Hall–Kier alpha value is -0.830. The molecule has 0 saturated heterocycles. The molecule has 1 aliphatic carbocycles. The molecule has 1 aliphatic rings. The Labute approximate surface area is 111 Å². The molecule has 102 valence electrons. The SMILES string of the molecule is CC(C)CC1CCCC(NCCn2ccnc2)C1. The van der Waals surface area contributed by atoms with Crippen molar-refractivity contribution in [3.8, 4) is 0 Å². The first-order valence-electron chi connectivity index (χ1n) is 7.43. The Balaban J connectivity index is 1.66. The molecule has 18 heavy (non-hydrogen) atoms. The van der Waals surface area contributed by atoms with Crippen molar-refractivity contribution in [3.63, 3.8) is 0 Å². The second-order valence-electron chi connectivity index (χ2n) is 6.11. The van der Waals surface area contributed by atoms with Gasteiger partial charge in [-0.1, -0.05) is 26.7 Å². The van der Waals surface area contributed by atoms with Crippen LogP contribution in [0.4, 0.5) is 0 Å². The Morgan fingerprint density at radius 2 is 2.28 bits per heavy atom. The number of imidazole rings is 1. The fraction of sp³-hybridized carbons (Fsp3) is 0.800. The number of nitrogens with one attached hydrogen (secondary N) is 1. The molecular weight excluding hydrogens is 222 g/mol. The predicted octanol–water partition coefficient (Wildman–Crippen LogP) is 3.08. The minimum atomic E-state index is 0.742. The molecule has 0 aliphatic heterocycles. The minimum Gasteiger partial charge on any atom is -0.336 e. The van der Waals surface area contributed by atoms with Crippen LogP contribution in [0.3, 0.4) is 0 Å². The lowest BCUT2D eigenvalue weighted by atomic mass is 9.81. The third-order valence-corrected chi connectivity index (χ3v) is 3.95. The molecule has 1 aromatic rings. The van der Waals surface area contributed by atoms with Crippen LogP contribution in [-0.2, 0) is 6.54 Å². The maximum Gasteiger partial charge on any atom is 0.0946 e. The third-order valence-electron chi connectivity index (χ3n) is 3.95. The molecule has 2 rings (SSSR count). The van der Waals surface area contributed by atoms with Crippen LogP contribution < -0.4 is 5.32 Å². The van der Waals surface area contributed by atoms with Gasteiger partial charge in [-0.3, -0.25) is 0 Å². The summed E-state index contributed by atoms with van der Waals surface area (Å²) in [6.45, 7) is 6.78. The predicted molar refractivity (Wildman–Crippen MR) is 75.4 cm³/mol. The topological polar surface area (TPSA) is 29.9 Å². The molecular formula is C15H27N3. The van der Waals surface area contributed by atoms with Gasteiger partial charge in [-0.2, -0.15) is 0 Å². The number of hydrogen-bond donors (Lipinski definition) is 1. The zero-order valence-corrected chi connectivity index (χ0v) is 11.8. The zero-order chi connectivity index (χ0) is 12.8. The average molecular weight is 249 g/mol. The maximum atomic E-state index is 4.07. The van der Waals surface area contributed by atoms with Crippen LogP contribution in [0.2, 0.25) is 0 Å². The normalized spacial score (nSPS) is 24.6. The van der Waals surface area contributed by atoms with Crippen molar-refractivity contribution in [1.29, 1.82) is 0 Å². The molecule has 1 N–H and O–H groups in total. The van der Waals surface area contributed by atoms with Crippen molar-refractivity contribution in [2.75, 3.05) is 6.54 Å². The Morgan fingerprint density at radius 3 is 3.00 bits per heavy atom. The molecule has 3 nitrogen and oxygen atoms in total. The van der Waals surface area contributed by atoms with Crippen molar-refractivity contribution in [2.45, 2.75) is 58.5 Å². The van der Waals surface area contributed by atoms with Crippen LogP contribution in [-0.4, -0.2) is 22.1 Å². The highest BCUT2D eigenvalue weighted by molar-refractivity contribution is 4.79. The lowest BCUT2D eigenvalue weighted by Crippen LogP contribution is -2.36. The number of aromatic nitrogens is 2. The van der Waals surface area contributed by atoms with Crippen LogP contribution in [0.15, 0.2) is 18.7 Å². The van der Waals surface area contributed by atoms with E-state index in [0.29, 0.717) is 0 Å². The van der Waals surface area contributed by atoms with Gasteiger partial charge in [0.25, 0.3) is 0 Å². The van der Waals surface area contributed by atoms with Gasteiger partial charge >= 0.3 is 0 Å². The van der Waals surface area contributed by atoms with Crippen molar-refractivity contribution in [1.82, 2.24) is 14.9 Å². The minimum absolute atomic E-state index is 0.742. The van der Waals surface area contributed by atoms with Gasteiger partial charge in [0, 0.05) is 31.5 Å². The van der Waals surface area contributed by atoms with Gasteiger partial charge in [-0.25, -0.2) is 4.98 Å². The Kier molecular flexibility index (Phi) is 5.24. The highest BCUT2D eigenvalue weighted by Gasteiger charge is 2.21. The largest absolute Gasteiger partial charge is 0.336 e. The van der Waals surface area contributed by atoms with Gasteiger partial charge in [-0.15, -0.1) is 0 Å². The first kappa shape index (κ1) is 13.6. The quantitative estimate of drug-likeness (QED) is 0.839. The molecule has 1 heterocycles. The fourth-order valence-electron chi connectivity index (χ4n) is 3.17. The van der Waals surface area contributed by atoms with E-state index in [1.165, 1.54) is 32.1 Å². The van der Waals surface area contributed by atoms with Crippen molar-refractivity contribution in [2.24, 2.45) is 11.8 Å². The molecule has 0 spiro atoms. The molecule has 0 aromatic carbocycles. The van der Waals surface area contributed by atoms with E-state index < -0.39 is 0 Å². The third kappa shape index (κ3) is 4.45. The first-order valence-corrected chi connectivity index (χ1v) is 7.43. The first-order chi connectivity index (χ1) is 8.74. The van der Waals surface area contributed by atoms with Gasteiger partial charge in [0.05, 0.1) is 6.33 Å². The molecule has 0 bridgehead atoms. The summed E-state index contributed by atoms with van der Waals surface area (Å²) in [4.78, 5) is 4.07. The summed E-state index contributed by atoms with van der Waals surface area (Å²) in [5, 5.41) is 3.71. The number of nitrogens with zero attached hydrogens (tertiary/aromatic N) is 2. The van der Waals surface area contributed by atoms with Crippen molar-refractivity contribution >= 4 is 0 Å². The molecule has 2 atom stereocenters. The van der Waals surface area contributed by atoms with E-state index in [1.807, 2.05) is 18.7 Å². The van der Waals surface area contributed by atoms with E-state index in [1.54, 1.807) is 0 Å². The second kappa shape index (κ2) is 6.93. The van der Waals surface area contributed by atoms with Crippen LogP contribution in [0.1, 0.15) is 46.0 Å². The standard InChI is InChI=1S/C15H27N3/c1-13(2)10-14-4-3-5-15(11-14)17-7-9-18-8-6-16-12-18/h6,8,12-15,17H,3-5,7,9-11H2,1-2H3. The molecule has 1 fully saturated rings. The molecule has 1 saturated carbocycles. The van der Waals surface area contributed by atoms with E-state index in [9.17, 15) is 0 Å². The lowest BCUT2D eigenvalue weighted by molar-refractivity contribution is 0.251. The van der Waals surface area contributed by atoms with Crippen LogP contribution >= 0.6 is 0 Å². The van der Waals surface area contributed by atoms with E-state index in [4.69, 9.17) is 0 Å². The van der Waals surface area contributed by atoms with Crippen molar-refractivity contribution < 1.29 is 0 Å². The summed E-state index contributed by atoms with van der Waals surface area (Å²) in [7, 11) is 0. The maximum absolute atomic E-state index is 4.07.